The maximum atomic E-state index is 4.53. The van der Waals surface area contributed by atoms with E-state index in [1.165, 1.54) is 11.1 Å². The first-order valence-electron chi connectivity index (χ1n) is 9.54. The number of benzene rings is 1. The lowest BCUT2D eigenvalue weighted by atomic mass is 10.0. The second-order valence-corrected chi connectivity index (χ2v) is 7.13. The predicted molar refractivity (Wildman–Crippen MR) is 114 cm³/mol. The lowest BCUT2D eigenvalue weighted by molar-refractivity contribution is 0.841. The van der Waals surface area contributed by atoms with Crippen LogP contribution in [0.3, 0.4) is 0 Å². The Morgan fingerprint density at radius 3 is 2.69 bits per heavy atom. The molecular weight excluding hydrogens is 362 g/mol. The van der Waals surface area contributed by atoms with Gasteiger partial charge in [-0.25, -0.2) is 9.97 Å². The topological polar surface area (TPSA) is 98.1 Å². The Bertz CT molecular complexity index is 1250. The van der Waals surface area contributed by atoms with Crippen LogP contribution in [0.25, 0.3) is 33.4 Å². The van der Waals surface area contributed by atoms with Crippen molar-refractivity contribution < 1.29 is 0 Å². The van der Waals surface area contributed by atoms with Crippen molar-refractivity contribution in [1.29, 1.82) is 0 Å². The molecule has 1 aromatic carbocycles. The summed E-state index contributed by atoms with van der Waals surface area (Å²) >= 11 is 0. The lowest BCUT2D eigenvalue weighted by Crippen LogP contribution is -2.10. The molecule has 7 nitrogen and oxygen atoms in total. The Morgan fingerprint density at radius 1 is 1.03 bits per heavy atom. The standard InChI is InChI=1S/C22H21N7/c1-13-10-16(15-6-4-3-5-7-15)20(27-13)14(2)28-22-19-17(18-8-9-26-29-18)11-23-21(19)24-12-25-22/h3-12,14,27H,1-2H3,(H,26,29)(H2,23,24,25,28)/t14-/m0/s1. The fraction of sp³-hybridized carbons (Fsp3) is 0.136. The number of H-pyrrole nitrogens is 3. The van der Waals surface area contributed by atoms with Crippen molar-refractivity contribution in [1.82, 2.24) is 30.1 Å². The predicted octanol–water partition coefficient (Wildman–Crippen LogP) is 4.82. The summed E-state index contributed by atoms with van der Waals surface area (Å²) in [6, 6.07) is 14.5. The van der Waals surface area contributed by atoms with Gasteiger partial charge in [0.1, 0.15) is 17.8 Å². The van der Waals surface area contributed by atoms with Crippen LogP contribution in [0, 0.1) is 6.92 Å². The molecule has 0 saturated carbocycles. The molecule has 0 spiro atoms. The number of aromatic amines is 3. The third-order valence-electron chi connectivity index (χ3n) is 5.11. The van der Waals surface area contributed by atoms with Gasteiger partial charge in [0.2, 0.25) is 0 Å². The smallest absolute Gasteiger partial charge is 0.143 e. The van der Waals surface area contributed by atoms with Gasteiger partial charge in [-0.2, -0.15) is 5.10 Å². The molecule has 4 N–H and O–H groups in total. The highest BCUT2D eigenvalue weighted by Crippen LogP contribution is 2.34. The van der Waals surface area contributed by atoms with Gasteiger partial charge >= 0.3 is 0 Å². The minimum atomic E-state index is 0.0153. The third kappa shape index (κ3) is 3.06. The quantitative estimate of drug-likeness (QED) is 0.349. The number of nitrogens with one attached hydrogen (secondary N) is 4. The molecule has 4 heterocycles. The fourth-order valence-electron chi connectivity index (χ4n) is 3.78. The van der Waals surface area contributed by atoms with E-state index >= 15 is 0 Å². The van der Waals surface area contributed by atoms with E-state index in [-0.39, 0.29) is 6.04 Å². The summed E-state index contributed by atoms with van der Waals surface area (Å²) < 4.78 is 0. The number of hydrogen-bond donors (Lipinski definition) is 4. The minimum absolute atomic E-state index is 0.0153. The van der Waals surface area contributed by atoms with Crippen LogP contribution in [0.2, 0.25) is 0 Å². The molecule has 0 fully saturated rings. The van der Waals surface area contributed by atoms with Gasteiger partial charge in [-0.05, 0) is 31.5 Å². The van der Waals surface area contributed by atoms with Crippen LogP contribution in [0.5, 0.6) is 0 Å². The highest BCUT2D eigenvalue weighted by Gasteiger charge is 2.19. The van der Waals surface area contributed by atoms with E-state index in [0.717, 1.165) is 39.5 Å². The average molecular weight is 383 g/mol. The Balaban J connectivity index is 1.55. The van der Waals surface area contributed by atoms with E-state index < -0.39 is 0 Å². The van der Waals surface area contributed by atoms with Gasteiger partial charge in [0, 0.05) is 34.9 Å². The number of rotatable bonds is 5. The van der Waals surface area contributed by atoms with Crippen molar-refractivity contribution >= 4 is 16.9 Å². The molecule has 0 amide bonds. The second-order valence-electron chi connectivity index (χ2n) is 7.13. The monoisotopic (exact) mass is 383 g/mol. The molecule has 5 aromatic rings. The maximum Gasteiger partial charge on any atom is 0.143 e. The van der Waals surface area contributed by atoms with Gasteiger partial charge in [0.05, 0.1) is 17.1 Å². The van der Waals surface area contributed by atoms with E-state index in [2.05, 4.69) is 79.6 Å². The second kappa shape index (κ2) is 6.94. The zero-order valence-electron chi connectivity index (χ0n) is 16.2. The van der Waals surface area contributed by atoms with Crippen molar-refractivity contribution in [3.05, 3.63) is 72.6 Å². The lowest BCUT2D eigenvalue weighted by Gasteiger charge is -2.17. The maximum absolute atomic E-state index is 4.53. The Morgan fingerprint density at radius 2 is 1.90 bits per heavy atom. The molecule has 4 aromatic heterocycles. The molecule has 0 bridgehead atoms. The first kappa shape index (κ1) is 17.2. The summed E-state index contributed by atoms with van der Waals surface area (Å²) in [6.45, 7) is 4.21. The van der Waals surface area contributed by atoms with E-state index in [0.29, 0.717) is 0 Å². The Hall–Kier alpha value is -3.87. The first-order valence-corrected chi connectivity index (χ1v) is 9.54. The SMILES string of the molecule is Cc1cc(-c2ccccc2)c([C@H](C)Nc2ncnc3[nH]cc(-c4ccn[nH]4)c23)[nH]1. The number of fused-ring (bicyclic) bond motifs is 1. The number of hydrogen-bond acceptors (Lipinski definition) is 4. The largest absolute Gasteiger partial charge is 0.361 e. The van der Waals surface area contributed by atoms with Crippen molar-refractivity contribution in [3.63, 3.8) is 0 Å². The van der Waals surface area contributed by atoms with Crippen LogP contribution in [0.15, 0.2) is 61.2 Å². The van der Waals surface area contributed by atoms with Gasteiger partial charge in [0.25, 0.3) is 0 Å². The highest BCUT2D eigenvalue weighted by molar-refractivity contribution is 6.00. The van der Waals surface area contributed by atoms with Crippen molar-refractivity contribution in [2.75, 3.05) is 5.32 Å². The molecule has 0 aliphatic carbocycles. The van der Waals surface area contributed by atoms with E-state index in [1.807, 2.05) is 18.3 Å². The molecule has 1 atom stereocenters. The summed E-state index contributed by atoms with van der Waals surface area (Å²) in [5.74, 6) is 0.777. The zero-order chi connectivity index (χ0) is 19.8. The van der Waals surface area contributed by atoms with Crippen molar-refractivity contribution in [3.8, 4) is 22.4 Å². The zero-order valence-corrected chi connectivity index (χ0v) is 16.2. The molecule has 144 valence electrons. The van der Waals surface area contributed by atoms with Crippen LogP contribution in [-0.4, -0.2) is 30.1 Å². The molecule has 7 heteroatoms. The first-order chi connectivity index (χ1) is 14.2. The summed E-state index contributed by atoms with van der Waals surface area (Å²) in [6.07, 6.45) is 5.24. The summed E-state index contributed by atoms with van der Waals surface area (Å²) in [4.78, 5) is 15.6. The summed E-state index contributed by atoms with van der Waals surface area (Å²) in [5.41, 5.74) is 7.31. The van der Waals surface area contributed by atoms with Crippen molar-refractivity contribution in [2.24, 2.45) is 0 Å². The minimum Gasteiger partial charge on any atom is -0.361 e. The van der Waals surface area contributed by atoms with E-state index in [4.69, 9.17) is 0 Å². The molecule has 5 rings (SSSR count). The van der Waals surface area contributed by atoms with Crippen LogP contribution in [0.4, 0.5) is 5.82 Å². The normalized spacial score (nSPS) is 12.3. The van der Waals surface area contributed by atoms with Crippen LogP contribution in [-0.2, 0) is 0 Å². The molecule has 0 aliphatic heterocycles. The number of aryl methyl sites for hydroxylation is 1. The van der Waals surface area contributed by atoms with Gasteiger partial charge in [-0.15, -0.1) is 0 Å². The number of nitrogens with zero attached hydrogens (tertiary/aromatic N) is 3. The Labute approximate surface area is 167 Å². The van der Waals surface area contributed by atoms with Crippen molar-refractivity contribution in [2.45, 2.75) is 19.9 Å². The fourth-order valence-corrected chi connectivity index (χ4v) is 3.78. The van der Waals surface area contributed by atoms with Gasteiger partial charge in [-0.3, -0.25) is 5.10 Å². The van der Waals surface area contributed by atoms with E-state index in [9.17, 15) is 0 Å². The molecule has 0 radical (unpaired) electrons. The third-order valence-corrected chi connectivity index (χ3v) is 5.11. The number of anilines is 1. The Kier molecular flexibility index (Phi) is 4.13. The summed E-state index contributed by atoms with van der Waals surface area (Å²) in [7, 11) is 0. The molecule has 0 unspecified atom stereocenters. The van der Waals surface area contributed by atoms with Crippen LogP contribution >= 0.6 is 0 Å². The van der Waals surface area contributed by atoms with Gasteiger partial charge in [0.15, 0.2) is 0 Å². The molecule has 29 heavy (non-hydrogen) atoms. The van der Waals surface area contributed by atoms with Crippen LogP contribution in [0.1, 0.15) is 24.4 Å². The van der Waals surface area contributed by atoms with Gasteiger partial charge in [-0.1, -0.05) is 30.3 Å². The highest BCUT2D eigenvalue weighted by atomic mass is 15.1. The average Bonchev–Trinajstić information content (AvgIpc) is 3.48. The summed E-state index contributed by atoms with van der Waals surface area (Å²) in [5, 5.41) is 11.6. The molecule has 0 saturated heterocycles. The number of aromatic nitrogens is 6. The van der Waals surface area contributed by atoms with Gasteiger partial charge < -0.3 is 15.3 Å². The molecule has 0 aliphatic rings. The van der Waals surface area contributed by atoms with Crippen LogP contribution < -0.4 is 5.32 Å². The van der Waals surface area contributed by atoms with E-state index in [1.54, 1.807) is 12.5 Å². The molecular formula is C22H21N7.